The van der Waals surface area contributed by atoms with Crippen molar-refractivity contribution in [2.45, 2.75) is 6.92 Å². The molecule has 1 aromatic carbocycles. The Morgan fingerprint density at radius 1 is 1.60 bits per heavy atom. The molecule has 0 fully saturated rings. The third-order valence-electron chi connectivity index (χ3n) is 1.82. The Labute approximate surface area is 82.7 Å². The third-order valence-corrected chi connectivity index (χ3v) is 1.82. The first kappa shape index (κ1) is 10.9. The molecular weight excluding hydrogens is 209 g/mol. The SMILES string of the molecule is Cc1cc([N+](=O)[O-])c(C(=O)O)c(F)c1O. The van der Waals surface area contributed by atoms with Crippen molar-refractivity contribution in [1.29, 1.82) is 0 Å². The number of carbonyl (C=O) groups is 1. The molecule has 0 radical (unpaired) electrons. The summed E-state index contributed by atoms with van der Waals surface area (Å²) >= 11 is 0. The molecule has 80 valence electrons. The second-order valence-corrected chi connectivity index (χ2v) is 2.81. The Balaban J connectivity index is 3.65. The average Bonchev–Trinajstić information content (AvgIpc) is 2.12. The van der Waals surface area contributed by atoms with E-state index >= 15 is 0 Å². The fourth-order valence-electron chi connectivity index (χ4n) is 1.10. The van der Waals surface area contributed by atoms with E-state index < -0.39 is 33.7 Å². The Bertz CT molecular complexity index is 457. The number of nitro groups is 1. The maximum absolute atomic E-state index is 13.2. The number of aromatic carboxylic acids is 1. The van der Waals surface area contributed by atoms with Gasteiger partial charge in [0.15, 0.2) is 17.1 Å². The van der Waals surface area contributed by atoms with Crippen molar-refractivity contribution in [3.63, 3.8) is 0 Å². The van der Waals surface area contributed by atoms with E-state index in [1.165, 1.54) is 6.92 Å². The minimum atomic E-state index is -1.80. The van der Waals surface area contributed by atoms with Crippen LogP contribution in [-0.4, -0.2) is 21.1 Å². The number of aryl methyl sites for hydroxylation is 1. The molecule has 0 heterocycles. The van der Waals surface area contributed by atoms with Gasteiger partial charge in [-0.2, -0.15) is 0 Å². The molecule has 15 heavy (non-hydrogen) atoms. The molecule has 0 unspecified atom stereocenters. The summed E-state index contributed by atoms with van der Waals surface area (Å²) < 4.78 is 13.2. The average molecular weight is 215 g/mol. The number of phenolic OH excluding ortho intramolecular Hbond substituents is 1. The summed E-state index contributed by atoms with van der Waals surface area (Å²) in [6.07, 6.45) is 0. The summed E-state index contributed by atoms with van der Waals surface area (Å²) in [5.41, 5.74) is -2.11. The number of phenols is 1. The predicted molar refractivity (Wildman–Crippen MR) is 46.4 cm³/mol. The van der Waals surface area contributed by atoms with Crippen LogP contribution in [0.5, 0.6) is 5.75 Å². The minimum absolute atomic E-state index is 0.0933. The van der Waals surface area contributed by atoms with Gasteiger partial charge in [0.2, 0.25) is 0 Å². The van der Waals surface area contributed by atoms with Gasteiger partial charge in [-0.1, -0.05) is 0 Å². The quantitative estimate of drug-likeness (QED) is 0.574. The molecular formula is C8H6FNO5. The standard InChI is InChI=1S/C8H6FNO5/c1-3-2-4(10(14)15)5(8(12)13)6(9)7(3)11/h2,11H,1H3,(H,12,13). The second kappa shape index (κ2) is 3.52. The molecule has 0 atom stereocenters. The number of rotatable bonds is 2. The zero-order valence-electron chi connectivity index (χ0n) is 7.52. The molecule has 0 bridgehead atoms. The highest BCUT2D eigenvalue weighted by molar-refractivity contribution is 5.93. The molecule has 7 heteroatoms. The van der Waals surface area contributed by atoms with E-state index in [-0.39, 0.29) is 5.56 Å². The first-order chi connectivity index (χ1) is 6.86. The summed E-state index contributed by atoms with van der Waals surface area (Å²) in [5, 5.41) is 28.1. The summed E-state index contributed by atoms with van der Waals surface area (Å²) in [6, 6.07) is 0.807. The van der Waals surface area contributed by atoms with Crippen molar-refractivity contribution in [2.75, 3.05) is 0 Å². The Morgan fingerprint density at radius 3 is 2.53 bits per heavy atom. The van der Waals surface area contributed by atoms with Crippen molar-refractivity contribution in [3.05, 3.63) is 33.1 Å². The fourth-order valence-corrected chi connectivity index (χ4v) is 1.10. The maximum atomic E-state index is 13.2. The highest BCUT2D eigenvalue weighted by Crippen LogP contribution is 2.31. The first-order valence-corrected chi connectivity index (χ1v) is 3.76. The highest BCUT2D eigenvalue weighted by Gasteiger charge is 2.28. The van der Waals surface area contributed by atoms with Gasteiger partial charge in [-0.3, -0.25) is 10.1 Å². The molecule has 0 amide bonds. The van der Waals surface area contributed by atoms with Crippen LogP contribution in [0.25, 0.3) is 0 Å². The van der Waals surface area contributed by atoms with Crippen LogP contribution in [0.2, 0.25) is 0 Å². The van der Waals surface area contributed by atoms with Gasteiger partial charge in [0.05, 0.1) is 4.92 Å². The van der Waals surface area contributed by atoms with Crippen LogP contribution in [-0.2, 0) is 0 Å². The molecule has 0 aliphatic heterocycles. The van der Waals surface area contributed by atoms with Crippen LogP contribution in [0, 0.1) is 22.9 Å². The highest BCUT2D eigenvalue weighted by atomic mass is 19.1. The molecule has 6 nitrogen and oxygen atoms in total. The Morgan fingerprint density at radius 2 is 2.13 bits per heavy atom. The van der Waals surface area contributed by atoms with Crippen LogP contribution in [0.4, 0.5) is 10.1 Å². The van der Waals surface area contributed by atoms with Gasteiger partial charge in [0.1, 0.15) is 0 Å². The van der Waals surface area contributed by atoms with Crippen molar-refractivity contribution >= 4 is 11.7 Å². The number of nitrogens with zero attached hydrogens (tertiary/aromatic N) is 1. The lowest BCUT2D eigenvalue weighted by Gasteiger charge is -2.04. The topological polar surface area (TPSA) is 101 Å². The number of nitro benzene ring substituents is 1. The number of hydrogen-bond acceptors (Lipinski definition) is 4. The van der Waals surface area contributed by atoms with E-state index in [0.29, 0.717) is 0 Å². The molecule has 0 saturated carbocycles. The monoisotopic (exact) mass is 215 g/mol. The summed E-state index contributed by atoms with van der Waals surface area (Å²) in [6.45, 7) is 1.23. The zero-order chi connectivity index (χ0) is 11.7. The lowest BCUT2D eigenvalue weighted by molar-refractivity contribution is -0.385. The number of aromatic hydroxyl groups is 1. The van der Waals surface area contributed by atoms with Crippen molar-refractivity contribution < 1.29 is 24.3 Å². The lowest BCUT2D eigenvalue weighted by Crippen LogP contribution is -2.07. The number of hydrogen-bond donors (Lipinski definition) is 2. The van der Waals surface area contributed by atoms with Crippen LogP contribution in [0.3, 0.4) is 0 Å². The van der Waals surface area contributed by atoms with Crippen LogP contribution in [0.1, 0.15) is 15.9 Å². The van der Waals surface area contributed by atoms with Gasteiger partial charge in [-0.25, -0.2) is 9.18 Å². The number of halogens is 1. The maximum Gasteiger partial charge on any atom is 0.345 e. The molecule has 0 saturated heterocycles. The molecule has 0 aliphatic carbocycles. The van der Waals surface area contributed by atoms with Crippen LogP contribution >= 0.6 is 0 Å². The summed E-state index contributed by atoms with van der Waals surface area (Å²) in [7, 11) is 0. The van der Waals surface area contributed by atoms with Gasteiger partial charge in [0, 0.05) is 11.6 Å². The van der Waals surface area contributed by atoms with E-state index in [9.17, 15) is 19.3 Å². The first-order valence-electron chi connectivity index (χ1n) is 3.76. The van der Waals surface area contributed by atoms with Crippen LogP contribution < -0.4 is 0 Å². The van der Waals surface area contributed by atoms with E-state index in [2.05, 4.69) is 0 Å². The smallest absolute Gasteiger partial charge is 0.345 e. The number of carboxylic acids is 1. The van der Waals surface area contributed by atoms with Crippen LogP contribution in [0.15, 0.2) is 6.07 Å². The number of carboxylic acid groups (broad SMARTS) is 1. The molecule has 1 aromatic rings. The van der Waals surface area contributed by atoms with Crippen molar-refractivity contribution in [3.8, 4) is 5.75 Å². The molecule has 0 aromatic heterocycles. The molecule has 0 spiro atoms. The van der Waals surface area contributed by atoms with Gasteiger partial charge in [0.25, 0.3) is 5.69 Å². The largest absolute Gasteiger partial charge is 0.505 e. The van der Waals surface area contributed by atoms with Gasteiger partial charge >= 0.3 is 5.97 Å². The van der Waals surface area contributed by atoms with Gasteiger partial charge in [-0.15, -0.1) is 0 Å². The fraction of sp³-hybridized carbons (Fsp3) is 0.125. The Kier molecular flexibility index (Phi) is 2.56. The second-order valence-electron chi connectivity index (χ2n) is 2.81. The zero-order valence-corrected chi connectivity index (χ0v) is 7.52. The number of benzene rings is 1. The lowest BCUT2D eigenvalue weighted by atomic mass is 10.1. The predicted octanol–water partition coefficient (Wildman–Crippen LogP) is 1.45. The normalized spacial score (nSPS) is 10.0. The molecule has 0 aliphatic rings. The summed E-state index contributed by atoms with van der Waals surface area (Å²) in [5.74, 6) is -4.18. The minimum Gasteiger partial charge on any atom is -0.505 e. The van der Waals surface area contributed by atoms with Crippen molar-refractivity contribution in [1.82, 2.24) is 0 Å². The molecule has 2 N–H and O–H groups in total. The van der Waals surface area contributed by atoms with E-state index in [1.807, 2.05) is 0 Å². The third kappa shape index (κ3) is 1.71. The van der Waals surface area contributed by atoms with E-state index in [4.69, 9.17) is 10.2 Å². The van der Waals surface area contributed by atoms with E-state index in [1.54, 1.807) is 0 Å². The van der Waals surface area contributed by atoms with Gasteiger partial charge < -0.3 is 10.2 Å². The summed E-state index contributed by atoms with van der Waals surface area (Å²) in [4.78, 5) is 20.0. The van der Waals surface area contributed by atoms with Gasteiger partial charge in [-0.05, 0) is 6.92 Å². The molecule has 1 rings (SSSR count). The van der Waals surface area contributed by atoms with Crippen molar-refractivity contribution in [2.24, 2.45) is 0 Å². The Hall–Kier alpha value is -2.18. The van der Waals surface area contributed by atoms with E-state index in [0.717, 1.165) is 6.07 Å².